The lowest BCUT2D eigenvalue weighted by atomic mass is 9.79. The lowest BCUT2D eigenvalue weighted by Gasteiger charge is -2.33. The van der Waals surface area contributed by atoms with E-state index in [1.54, 1.807) is 0 Å². The van der Waals surface area contributed by atoms with Crippen molar-refractivity contribution < 1.29 is 4.79 Å². The largest absolute Gasteiger partial charge is 0.299 e. The molecule has 0 amide bonds. The number of Topliss-reactive ketones (excluding diaryl/α,β-unsaturated/α-hetero) is 1. The second-order valence-corrected chi connectivity index (χ2v) is 6.80. The Morgan fingerprint density at radius 2 is 2.05 bits per heavy atom. The first-order valence-electron chi connectivity index (χ1n) is 6.91. The van der Waals surface area contributed by atoms with Gasteiger partial charge in [0.15, 0.2) is 0 Å². The van der Waals surface area contributed by atoms with Crippen molar-refractivity contribution in [2.24, 2.45) is 11.8 Å². The molecule has 0 saturated heterocycles. The van der Waals surface area contributed by atoms with Crippen molar-refractivity contribution in [1.29, 1.82) is 0 Å². The molecule has 0 bridgehead atoms. The standard InChI is InChI=1S/C17H22OS/c1-12(2)15-9-16(18)13(3)17(10-15)19-11-14-7-5-4-6-8-14/h4-8,13,15,17H,1,9-11H2,2-3H3/t13-,15-,17+/m0/s1. The van der Waals surface area contributed by atoms with Gasteiger partial charge in [0.25, 0.3) is 0 Å². The van der Waals surface area contributed by atoms with E-state index in [2.05, 4.69) is 37.8 Å². The van der Waals surface area contributed by atoms with Crippen LogP contribution in [-0.4, -0.2) is 11.0 Å². The molecule has 0 aromatic heterocycles. The van der Waals surface area contributed by atoms with E-state index in [-0.39, 0.29) is 5.92 Å². The van der Waals surface area contributed by atoms with Gasteiger partial charge >= 0.3 is 0 Å². The highest BCUT2D eigenvalue weighted by Gasteiger charge is 2.34. The van der Waals surface area contributed by atoms with Crippen molar-refractivity contribution in [2.75, 3.05) is 0 Å². The van der Waals surface area contributed by atoms with Crippen molar-refractivity contribution in [3.63, 3.8) is 0 Å². The van der Waals surface area contributed by atoms with Gasteiger partial charge in [-0.05, 0) is 24.8 Å². The quantitative estimate of drug-likeness (QED) is 0.753. The summed E-state index contributed by atoms with van der Waals surface area (Å²) in [4.78, 5) is 12.1. The SMILES string of the molecule is C=C(C)[C@H]1CC(=O)[C@H](C)[C@H](SCc2ccccc2)C1. The van der Waals surface area contributed by atoms with E-state index in [9.17, 15) is 4.79 Å². The monoisotopic (exact) mass is 274 g/mol. The van der Waals surface area contributed by atoms with Gasteiger partial charge in [0, 0.05) is 23.3 Å². The third-order valence-corrected chi connectivity index (χ3v) is 5.56. The van der Waals surface area contributed by atoms with Crippen LogP contribution in [0.2, 0.25) is 0 Å². The van der Waals surface area contributed by atoms with Gasteiger partial charge in [-0.2, -0.15) is 11.8 Å². The van der Waals surface area contributed by atoms with E-state index in [4.69, 9.17) is 0 Å². The summed E-state index contributed by atoms with van der Waals surface area (Å²) in [5, 5.41) is 0.433. The Hall–Kier alpha value is -1.02. The highest BCUT2D eigenvalue weighted by atomic mass is 32.2. The van der Waals surface area contributed by atoms with Crippen molar-refractivity contribution in [3.05, 3.63) is 48.0 Å². The minimum Gasteiger partial charge on any atom is -0.299 e. The third kappa shape index (κ3) is 3.73. The second-order valence-electron chi connectivity index (χ2n) is 5.57. The summed E-state index contributed by atoms with van der Waals surface area (Å²) in [5.41, 5.74) is 2.50. The van der Waals surface area contributed by atoms with E-state index in [0.717, 1.165) is 17.7 Å². The van der Waals surface area contributed by atoms with Crippen LogP contribution in [0.4, 0.5) is 0 Å². The van der Waals surface area contributed by atoms with Gasteiger partial charge in [-0.3, -0.25) is 4.79 Å². The van der Waals surface area contributed by atoms with Crippen molar-refractivity contribution >= 4 is 17.5 Å². The maximum absolute atomic E-state index is 12.1. The van der Waals surface area contributed by atoms with Crippen LogP contribution >= 0.6 is 11.8 Å². The summed E-state index contributed by atoms with van der Waals surface area (Å²) in [5.74, 6) is 1.97. The van der Waals surface area contributed by atoms with Crippen LogP contribution in [0.1, 0.15) is 32.3 Å². The third-order valence-electron chi connectivity index (χ3n) is 4.03. The van der Waals surface area contributed by atoms with Crippen LogP contribution in [0.25, 0.3) is 0 Å². The summed E-state index contributed by atoms with van der Waals surface area (Å²) < 4.78 is 0. The highest BCUT2D eigenvalue weighted by Crippen LogP contribution is 2.38. The van der Waals surface area contributed by atoms with Crippen molar-refractivity contribution in [2.45, 2.75) is 37.7 Å². The molecule has 0 aliphatic heterocycles. The maximum Gasteiger partial charge on any atom is 0.137 e. The van der Waals surface area contributed by atoms with Gasteiger partial charge in [0.2, 0.25) is 0 Å². The van der Waals surface area contributed by atoms with Crippen LogP contribution in [0.3, 0.4) is 0 Å². The van der Waals surface area contributed by atoms with Gasteiger partial charge in [-0.15, -0.1) is 0 Å². The zero-order valence-corrected chi connectivity index (χ0v) is 12.6. The number of allylic oxidation sites excluding steroid dienone is 1. The summed E-state index contributed by atoms with van der Waals surface area (Å²) in [7, 11) is 0. The van der Waals surface area contributed by atoms with E-state index < -0.39 is 0 Å². The van der Waals surface area contributed by atoms with Crippen LogP contribution in [0.15, 0.2) is 42.5 Å². The normalized spacial score (nSPS) is 27.3. The minimum absolute atomic E-state index is 0.185. The first-order chi connectivity index (χ1) is 9.08. The van der Waals surface area contributed by atoms with Gasteiger partial charge in [0.1, 0.15) is 5.78 Å². The second kappa shape index (κ2) is 6.42. The number of carbonyl (C=O) groups excluding carboxylic acids is 1. The molecule has 2 heteroatoms. The molecule has 1 aliphatic carbocycles. The molecule has 0 heterocycles. The fraction of sp³-hybridized carbons (Fsp3) is 0.471. The summed E-state index contributed by atoms with van der Waals surface area (Å²) in [6.07, 6.45) is 1.79. The van der Waals surface area contributed by atoms with E-state index >= 15 is 0 Å². The molecule has 1 aromatic carbocycles. The molecule has 1 nitrogen and oxygen atoms in total. The van der Waals surface area contributed by atoms with Gasteiger partial charge in [-0.1, -0.05) is 49.4 Å². The first kappa shape index (κ1) is 14.4. The first-order valence-corrected chi connectivity index (χ1v) is 7.96. The number of hydrogen-bond donors (Lipinski definition) is 0. The van der Waals surface area contributed by atoms with E-state index in [1.165, 1.54) is 5.56 Å². The Balaban J connectivity index is 1.97. The molecule has 2 rings (SSSR count). The van der Waals surface area contributed by atoms with Crippen LogP contribution in [0, 0.1) is 11.8 Å². The maximum atomic E-state index is 12.1. The molecule has 102 valence electrons. The topological polar surface area (TPSA) is 17.1 Å². The van der Waals surface area contributed by atoms with E-state index in [1.807, 2.05) is 24.8 Å². The van der Waals surface area contributed by atoms with Gasteiger partial charge < -0.3 is 0 Å². The molecule has 0 radical (unpaired) electrons. The molecular formula is C17H22OS. The lowest BCUT2D eigenvalue weighted by Crippen LogP contribution is -2.33. The Labute approximate surface area is 120 Å². The number of thioether (sulfide) groups is 1. The number of carbonyl (C=O) groups is 1. The summed E-state index contributed by atoms with van der Waals surface area (Å²) in [6.45, 7) is 8.16. The van der Waals surface area contributed by atoms with E-state index in [0.29, 0.717) is 23.4 Å². The molecule has 0 spiro atoms. The zero-order valence-electron chi connectivity index (χ0n) is 11.8. The van der Waals surface area contributed by atoms with Crippen molar-refractivity contribution in [3.8, 4) is 0 Å². The molecule has 0 N–H and O–H groups in total. The molecule has 3 atom stereocenters. The van der Waals surface area contributed by atoms with Crippen LogP contribution in [-0.2, 0) is 10.5 Å². The number of benzene rings is 1. The molecule has 19 heavy (non-hydrogen) atoms. The average molecular weight is 274 g/mol. The predicted molar refractivity (Wildman–Crippen MR) is 83.2 cm³/mol. The smallest absolute Gasteiger partial charge is 0.137 e. The Bertz CT molecular complexity index is 452. The molecule has 1 saturated carbocycles. The van der Waals surface area contributed by atoms with Crippen LogP contribution < -0.4 is 0 Å². The summed E-state index contributed by atoms with van der Waals surface area (Å²) in [6, 6.07) is 10.5. The molecular weight excluding hydrogens is 252 g/mol. The Kier molecular flexibility index (Phi) is 4.87. The minimum atomic E-state index is 0.185. The number of ketones is 1. The van der Waals surface area contributed by atoms with Crippen LogP contribution in [0.5, 0.6) is 0 Å². The lowest BCUT2D eigenvalue weighted by molar-refractivity contribution is -0.124. The Morgan fingerprint density at radius 3 is 2.68 bits per heavy atom. The average Bonchev–Trinajstić information content (AvgIpc) is 2.41. The van der Waals surface area contributed by atoms with Crippen molar-refractivity contribution in [1.82, 2.24) is 0 Å². The fourth-order valence-corrected chi connectivity index (χ4v) is 3.98. The zero-order chi connectivity index (χ0) is 13.8. The molecule has 1 fully saturated rings. The predicted octanol–water partition coefficient (Wildman–Crippen LogP) is 4.48. The molecule has 1 aliphatic rings. The summed E-state index contributed by atoms with van der Waals surface area (Å²) >= 11 is 1.92. The fourth-order valence-electron chi connectivity index (χ4n) is 2.57. The Morgan fingerprint density at radius 1 is 1.37 bits per heavy atom. The number of rotatable bonds is 4. The van der Waals surface area contributed by atoms with Gasteiger partial charge in [0.05, 0.1) is 0 Å². The van der Waals surface area contributed by atoms with Gasteiger partial charge in [-0.25, -0.2) is 0 Å². The molecule has 1 aromatic rings. The molecule has 0 unspecified atom stereocenters. The highest BCUT2D eigenvalue weighted by molar-refractivity contribution is 7.99. The number of hydrogen-bond acceptors (Lipinski definition) is 2.